The Balaban J connectivity index is 1.95. The molecule has 1 unspecified atom stereocenters. The molecule has 6 nitrogen and oxygen atoms in total. The van der Waals surface area contributed by atoms with Crippen molar-refractivity contribution in [3.63, 3.8) is 0 Å². The Morgan fingerprint density at radius 1 is 1.00 bits per heavy atom. The van der Waals surface area contributed by atoms with E-state index in [1.54, 1.807) is 26.2 Å². The van der Waals surface area contributed by atoms with Crippen LogP contribution < -0.4 is 9.47 Å². The van der Waals surface area contributed by atoms with Gasteiger partial charge < -0.3 is 14.4 Å². The number of nitrogens with one attached hydrogen (secondary N) is 1. The molecule has 2 aliphatic heterocycles. The summed E-state index contributed by atoms with van der Waals surface area (Å²) in [6.07, 6.45) is 2.45. The summed E-state index contributed by atoms with van der Waals surface area (Å²) in [6, 6.07) is 7.70. The number of amidine groups is 1. The number of aryl methyl sites for hydroxylation is 3. The molecule has 0 aromatic heterocycles. The van der Waals surface area contributed by atoms with E-state index < -0.39 is 0 Å². The predicted molar refractivity (Wildman–Crippen MR) is 117 cm³/mol. The van der Waals surface area contributed by atoms with Gasteiger partial charge in [-0.15, -0.1) is 0 Å². The average Bonchev–Trinajstić information content (AvgIpc) is 2.69. The number of carbonyl (C=O) groups excluding carboxylic acids is 1. The number of amides is 2. The Bertz CT molecular complexity index is 1080. The van der Waals surface area contributed by atoms with E-state index in [4.69, 9.17) is 14.9 Å². The van der Waals surface area contributed by atoms with Gasteiger partial charge in [-0.2, -0.15) is 0 Å². The summed E-state index contributed by atoms with van der Waals surface area (Å²) in [5, 5.41) is 8.54. The fourth-order valence-electron chi connectivity index (χ4n) is 4.69. The number of benzene rings is 2. The number of hydrogen-bond acceptors (Lipinski definition) is 4. The van der Waals surface area contributed by atoms with Crippen LogP contribution in [0.25, 0.3) is 5.70 Å². The summed E-state index contributed by atoms with van der Waals surface area (Å²) in [7, 11) is 5.00. The summed E-state index contributed by atoms with van der Waals surface area (Å²) in [6.45, 7) is 6.25. The van der Waals surface area contributed by atoms with E-state index in [1.165, 1.54) is 10.5 Å². The molecule has 6 heteroatoms. The minimum Gasteiger partial charge on any atom is -0.493 e. The van der Waals surface area contributed by atoms with E-state index in [1.807, 2.05) is 12.1 Å². The van der Waals surface area contributed by atoms with Crippen LogP contribution in [0.3, 0.4) is 0 Å². The van der Waals surface area contributed by atoms with Crippen molar-refractivity contribution in [3.8, 4) is 11.5 Å². The Morgan fingerprint density at radius 2 is 1.60 bits per heavy atom. The maximum Gasteiger partial charge on any atom is 0.330 e. The molecule has 0 saturated carbocycles. The molecule has 30 heavy (non-hydrogen) atoms. The molecular weight excluding hydrogens is 378 g/mol. The lowest BCUT2D eigenvalue weighted by atomic mass is 9.88. The highest BCUT2D eigenvalue weighted by Crippen LogP contribution is 2.43. The molecular formula is C24H27N3O3. The van der Waals surface area contributed by atoms with Crippen molar-refractivity contribution >= 4 is 17.6 Å². The van der Waals surface area contributed by atoms with Gasteiger partial charge in [-0.3, -0.25) is 5.41 Å². The molecule has 1 N–H and O–H groups in total. The first kappa shape index (κ1) is 20.0. The Kier molecular flexibility index (Phi) is 4.80. The number of ether oxygens (including phenoxy) is 2. The van der Waals surface area contributed by atoms with Crippen molar-refractivity contribution in [2.75, 3.05) is 21.3 Å². The number of urea groups is 1. The number of carbonyl (C=O) groups is 1. The minimum absolute atomic E-state index is 0.192. The predicted octanol–water partition coefficient (Wildman–Crippen LogP) is 4.61. The molecule has 2 aliphatic rings. The van der Waals surface area contributed by atoms with Crippen LogP contribution in [0.2, 0.25) is 0 Å². The quantitative estimate of drug-likeness (QED) is 0.811. The Morgan fingerprint density at radius 3 is 2.20 bits per heavy atom. The number of nitrogens with zero attached hydrogens (tertiary/aromatic N) is 2. The number of methoxy groups -OCH3 is 2. The normalized spacial score (nSPS) is 18.1. The van der Waals surface area contributed by atoms with Gasteiger partial charge in [-0.1, -0.05) is 17.7 Å². The fourth-order valence-corrected chi connectivity index (χ4v) is 4.69. The van der Waals surface area contributed by atoms with E-state index >= 15 is 0 Å². The minimum atomic E-state index is -0.212. The summed E-state index contributed by atoms with van der Waals surface area (Å²) in [4.78, 5) is 16.6. The molecule has 2 amide bonds. The van der Waals surface area contributed by atoms with Crippen LogP contribution in [-0.4, -0.2) is 42.9 Å². The second kappa shape index (κ2) is 7.20. The highest BCUT2D eigenvalue weighted by Gasteiger charge is 2.40. The largest absolute Gasteiger partial charge is 0.493 e. The average molecular weight is 405 g/mol. The van der Waals surface area contributed by atoms with Crippen molar-refractivity contribution in [1.29, 1.82) is 5.41 Å². The maximum absolute atomic E-state index is 13.3. The van der Waals surface area contributed by atoms with E-state index in [-0.39, 0.29) is 17.9 Å². The molecule has 4 rings (SSSR count). The summed E-state index contributed by atoms with van der Waals surface area (Å²) in [5.74, 6) is 1.49. The van der Waals surface area contributed by atoms with Crippen molar-refractivity contribution < 1.29 is 14.3 Å². The van der Waals surface area contributed by atoms with E-state index in [2.05, 4.69) is 39.0 Å². The Labute approximate surface area is 177 Å². The standard InChI is InChI=1S/C24H27N3O3/c1-13-7-14(2)23(15(3)8-13)19-12-18-17-11-21(30-6)20(29-5)9-16(17)10-22(25)27(18)24(28)26(19)4/h7-9,11-12,19,25H,10H2,1-6H3. The van der Waals surface area contributed by atoms with E-state index in [9.17, 15) is 4.79 Å². The molecule has 0 saturated heterocycles. The first-order chi connectivity index (χ1) is 14.3. The first-order valence-electron chi connectivity index (χ1n) is 9.96. The number of fused-ring (bicyclic) bond motifs is 3. The van der Waals surface area contributed by atoms with Gasteiger partial charge in [0.2, 0.25) is 0 Å². The van der Waals surface area contributed by atoms with Gasteiger partial charge in [0.1, 0.15) is 5.84 Å². The van der Waals surface area contributed by atoms with Crippen molar-refractivity contribution in [1.82, 2.24) is 9.80 Å². The van der Waals surface area contributed by atoms with Crippen LogP contribution in [0, 0.1) is 26.2 Å². The zero-order valence-electron chi connectivity index (χ0n) is 18.3. The molecule has 0 aliphatic carbocycles. The van der Waals surface area contributed by atoms with E-state index in [0.717, 1.165) is 33.5 Å². The number of likely N-dealkylation sites (N-methyl/N-ethyl adjacent to an activating group) is 1. The van der Waals surface area contributed by atoms with Gasteiger partial charge in [0, 0.05) is 19.0 Å². The SMILES string of the molecule is COc1cc2c(cc1OC)C1=CC(c3c(C)cc(C)cc3C)N(C)C(=O)N1C(=N)C2. The van der Waals surface area contributed by atoms with Crippen LogP contribution in [0.5, 0.6) is 11.5 Å². The third-order valence-electron chi connectivity index (χ3n) is 6.01. The first-order valence-corrected chi connectivity index (χ1v) is 9.96. The summed E-state index contributed by atoms with van der Waals surface area (Å²) in [5.41, 5.74) is 7.22. The lowest BCUT2D eigenvalue weighted by Gasteiger charge is -2.42. The van der Waals surface area contributed by atoms with Gasteiger partial charge in [0.25, 0.3) is 0 Å². The number of rotatable bonds is 3. The maximum atomic E-state index is 13.3. The second-order valence-electron chi connectivity index (χ2n) is 8.03. The van der Waals surface area contributed by atoms with Crippen LogP contribution >= 0.6 is 0 Å². The molecule has 156 valence electrons. The van der Waals surface area contributed by atoms with Gasteiger partial charge in [-0.05, 0) is 61.2 Å². The molecule has 0 bridgehead atoms. The highest BCUT2D eigenvalue weighted by molar-refractivity contribution is 6.09. The third-order valence-corrected chi connectivity index (χ3v) is 6.01. The molecule has 2 heterocycles. The zero-order chi connectivity index (χ0) is 21.7. The number of hydrogen-bond donors (Lipinski definition) is 1. The van der Waals surface area contributed by atoms with Crippen molar-refractivity contribution in [3.05, 3.63) is 63.7 Å². The highest BCUT2D eigenvalue weighted by atomic mass is 16.5. The zero-order valence-corrected chi connectivity index (χ0v) is 18.3. The molecule has 2 aromatic rings. The summed E-state index contributed by atoms with van der Waals surface area (Å²) >= 11 is 0. The lowest BCUT2D eigenvalue weighted by Crippen LogP contribution is -2.50. The van der Waals surface area contributed by atoms with E-state index in [0.29, 0.717) is 17.9 Å². The van der Waals surface area contributed by atoms with Crippen LogP contribution in [0.4, 0.5) is 4.79 Å². The monoisotopic (exact) mass is 405 g/mol. The van der Waals surface area contributed by atoms with Crippen molar-refractivity contribution in [2.24, 2.45) is 0 Å². The van der Waals surface area contributed by atoms with Gasteiger partial charge >= 0.3 is 6.03 Å². The smallest absolute Gasteiger partial charge is 0.330 e. The molecule has 0 fully saturated rings. The Hall–Kier alpha value is -3.28. The fraction of sp³-hybridized carbons (Fsp3) is 0.333. The van der Waals surface area contributed by atoms with Gasteiger partial charge in [0.05, 0.1) is 26.0 Å². The second-order valence-corrected chi connectivity index (χ2v) is 8.03. The van der Waals surface area contributed by atoms with Crippen molar-refractivity contribution in [2.45, 2.75) is 33.2 Å². The molecule has 0 radical (unpaired) electrons. The van der Waals surface area contributed by atoms with Gasteiger partial charge in [-0.25, -0.2) is 9.69 Å². The van der Waals surface area contributed by atoms with Crippen LogP contribution in [-0.2, 0) is 6.42 Å². The van der Waals surface area contributed by atoms with Gasteiger partial charge in [0.15, 0.2) is 11.5 Å². The topological polar surface area (TPSA) is 65.9 Å². The van der Waals surface area contributed by atoms with Crippen LogP contribution in [0.1, 0.15) is 39.4 Å². The lowest BCUT2D eigenvalue weighted by molar-refractivity contribution is 0.182. The third kappa shape index (κ3) is 2.95. The summed E-state index contributed by atoms with van der Waals surface area (Å²) < 4.78 is 10.9. The molecule has 2 aromatic carbocycles. The molecule has 1 atom stereocenters. The molecule has 0 spiro atoms. The van der Waals surface area contributed by atoms with Crippen LogP contribution in [0.15, 0.2) is 30.3 Å².